The first-order chi connectivity index (χ1) is 9.08. The van der Waals surface area contributed by atoms with Crippen LogP contribution in [0.15, 0.2) is 18.2 Å². The third-order valence-electron chi connectivity index (χ3n) is 3.76. The van der Waals surface area contributed by atoms with Crippen molar-refractivity contribution >= 4 is 17.7 Å². The molecule has 1 atom stereocenters. The van der Waals surface area contributed by atoms with Crippen molar-refractivity contribution in [1.29, 1.82) is 0 Å². The predicted octanol–water partition coefficient (Wildman–Crippen LogP) is 0.756. The van der Waals surface area contributed by atoms with Crippen molar-refractivity contribution < 1.29 is 14.4 Å². The zero-order chi connectivity index (χ0) is 13.6. The van der Waals surface area contributed by atoms with Crippen LogP contribution in [0.5, 0.6) is 0 Å². The molecule has 0 radical (unpaired) electrons. The van der Waals surface area contributed by atoms with E-state index in [1.807, 2.05) is 25.1 Å². The first-order valence-corrected chi connectivity index (χ1v) is 6.31. The Morgan fingerprint density at radius 3 is 2.74 bits per heavy atom. The number of hydrogen-bond donors (Lipinski definition) is 1. The Morgan fingerprint density at radius 1 is 1.26 bits per heavy atom. The minimum absolute atomic E-state index is 0.109. The Hall–Kier alpha value is -2.17. The number of carbonyl (C=O) groups excluding carboxylic acids is 3. The van der Waals surface area contributed by atoms with Gasteiger partial charge in [-0.05, 0) is 24.5 Å². The van der Waals surface area contributed by atoms with E-state index in [0.29, 0.717) is 18.5 Å². The molecule has 3 rings (SSSR count). The molecule has 5 heteroatoms. The van der Waals surface area contributed by atoms with Gasteiger partial charge >= 0.3 is 0 Å². The molecule has 1 fully saturated rings. The minimum atomic E-state index is -0.531. The molecule has 1 saturated heterocycles. The molecule has 1 unspecified atom stereocenters. The van der Waals surface area contributed by atoms with Gasteiger partial charge in [0.05, 0.1) is 0 Å². The van der Waals surface area contributed by atoms with Gasteiger partial charge in [-0.25, -0.2) is 0 Å². The van der Waals surface area contributed by atoms with Crippen molar-refractivity contribution in [2.75, 3.05) is 0 Å². The molecule has 2 heterocycles. The molecule has 0 aliphatic carbocycles. The van der Waals surface area contributed by atoms with E-state index in [2.05, 4.69) is 5.32 Å². The largest absolute Gasteiger partial charge is 0.322 e. The number of benzene rings is 1. The second kappa shape index (κ2) is 4.19. The van der Waals surface area contributed by atoms with Crippen LogP contribution in [-0.2, 0) is 16.1 Å². The van der Waals surface area contributed by atoms with E-state index in [9.17, 15) is 14.4 Å². The Kier molecular flexibility index (Phi) is 2.62. The summed E-state index contributed by atoms with van der Waals surface area (Å²) in [7, 11) is 0. The van der Waals surface area contributed by atoms with E-state index in [1.165, 1.54) is 0 Å². The summed E-state index contributed by atoms with van der Waals surface area (Å²) >= 11 is 0. The van der Waals surface area contributed by atoms with Gasteiger partial charge in [0.1, 0.15) is 6.04 Å². The molecule has 5 nitrogen and oxygen atoms in total. The smallest absolute Gasteiger partial charge is 0.255 e. The van der Waals surface area contributed by atoms with Crippen LogP contribution >= 0.6 is 0 Å². The predicted molar refractivity (Wildman–Crippen MR) is 67.2 cm³/mol. The second-order valence-corrected chi connectivity index (χ2v) is 5.01. The third kappa shape index (κ3) is 1.82. The van der Waals surface area contributed by atoms with E-state index < -0.39 is 6.04 Å². The van der Waals surface area contributed by atoms with Gasteiger partial charge in [0.2, 0.25) is 11.8 Å². The van der Waals surface area contributed by atoms with Crippen LogP contribution in [0.4, 0.5) is 0 Å². The van der Waals surface area contributed by atoms with Gasteiger partial charge < -0.3 is 4.90 Å². The molecule has 2 aliphatic rings. The van der Waals surface area contributed by atoms with Crippen molar-refractivity contribution in [3.05, 3.63) is 34.9 Å². The van der Waals surface area contributed by atoms with Crippen LogP contribution < -0.4 is 5.32 Å². The number of fused-ring (bicyclic) bond motifs is 1. The molecule has 1 N–H and O–H groups in total. The lowest BCUT2D eigenvalue weighted by Gasteiger charge is -2.29. The van der Waals surface area contributed by atoms with E-state index in [4.69, 9.17) is 0 Å². The van der Waals surface area contributed by atoms with Crippen molar-refractivity contribution in [1.82, 2.24) is 10.2 Å². The number of rotatable bonds is 1. The van der Waals surface area contributed by atoms with Gasteiger partial charge in [0.15, 0.2) is 0 Å². The Labute approximate surface area is 110 Å². The minimum Gasteiger partial charge on any atom is -0.322 e. The van der Waals surface area contributed by atoms with E-state index in [1.54, 1.807) is 4.90 Å². The number of nitrogens with zero attached hydrogens (tertiary/aromatic N) is 1. The molecule has 1 aromatic carbocycles. The summed E-state index contributed by atoms with van der Waals surface area (Å²) in [4.78, 5) is 37.0. The standard InChI is InChI=1S/C14H14N2O3/c1-8-3-2-4-9-7-16(14(19)12(8)9)10-5-6-11(17)15-13(10)18/h2-4,10H,5-7H2,1H3,(H,15,17,18). The third-order valence-corrected chi connectivity index (χ3v) is 3.76. The molecule has 0 spiro atoms. The lowest BCUT2D eigenvalue weighted by atomic mass is 10.0. The molecule has 0 aromatic heterocycles. The number of imide groups is 1. The molecule has 98 valence electrons. The van der Waals surface area contributed by atoms with E-state index in [-0.39, 0.29) is 24.1 Å². The van der Waals surface area contributed by atoms with Crippen LogP contribution in [0.2, 0.25) is 0 Å². The van der Waals surface area contributed by atoms with Gasteiger partial charge in [-0.15, -0.1) is 0 Å². The highest BCUT2D eigenvalue weighted by Crippen LogP contribution is 2.29. The lowest BCUT2D eigenvalue weighted by molar-refractivity contribution is -0.136. The van der Waals surface area contributed by atoms with Crippen LogP contribution in [-0.4, -0.2) is 28.7 Å². The van der Waals surface area contributed by atoms with Gasteiger partial charge in [-0.2, -0.15) is 0 Å². The van der Waals surface area contributed by atoms with Gasteiger partial charge in [-0.1, -0.05) is 18.2 Å². The van der Waals surface area contributed by atoms with Crippen molar-refractivity contribution in [2.24, 2.45) is 0 Å². The molecule has 0 saturated carbocycles. The molecule has 19 heavy (non-hydrogen) atoms. The maximum atomic E-state index is 12.4. The van der Waals surface area contributed by atoms with Crippen LogP contribution in [0.1, 0.15) is 34.3 Å². The highest BCUT2D eigenvalue weighted by molar-refractivity contribution is 6.05. The van der Waals surface area contributed by atoms with Crippen molar-refractivity contribution in [3.8, 4) is 0 Å². The average molecular weight is 258 g/mol. The molecule has 1 aromatic rings. The second-order valence-electron chi connectivity index (χ2n) is 5.01. The summed E-state index contributed by atoms with van der Waals surface area (Å²) in [6.07, 6.45) is 0.693. The van der Waals surface area contributed by atoms with Crippen LogP contribution in [0, 0.1) is 6.92 Å². The zero-order valence-electron chi connectivity index (χ0n) is 10.6. The summed E-state index contributed by atoms with van der Waals surface area (Å²) in [5, 5.41) is 2.30. The summed E-state index contributed by atoms with van der Waals surface area (Å²) in [5.41, 5.74) is 2.58. The SMILES string of the molecule is Cc1cccc2c1C(=O)N(C1CCC(=O)NC1=O)C2. The Bertz CT molecular complexity index is 594. The summed E-state index contributed by atoms with van der Waals surface area (Å²) in [6, 6.07) is 5.18. The first kappa shape index (κ1) is 11.9. The molecule has 2 aliphatic heterocycles. The van der Waals surface area contributed by atoms with Gasteiger partial charge in [-0.3, -0.25) is 19.7 Å². The van der Waals surface area contributed by atoms with E-state index in [0.717, 1.165) is 11.1 Å². The highest BCUT2D eigenvalue weighted by Gasteiger charge is 2.39. The zero-order valence-corrected chi connectivity index (χ0v) is 10.6. The molecular formula is C14H14N2O3. The fraction of sp³-hybridized carbons (Fsp3) is 0.357. The number of hydrogen-bond acceptors (Lipinski definition) is 3. The molecule has 0 bridgehead atoms. The van der Waals surface area contributed by atoms with E-state index >= 15 is 0 Å². The first-order valence-electron chi connectivity index (χ1n) is 6.31. The topological polar surface area (TPSA) is 66.5 Å². The van der Waals surface area contributed by atoms with Crippen molar-refractivity contribution in [2.45, 2.75) is 32.4 Å². The van der Waals surface area contributed by atoms with Gasteiger partial charge in [0, 0.05) is 18.5 Å². The Balaban J connectivity index is 1.90. The number of nitrogens with one attached hydrogen (secondary N) is 1. The van der Waals surface area contributed by atoms with Crippen LogP contribution in [0.3, 0.4) is 0 Å². The monoisotopic (exact) mass is 258 g/mol. The average Bonchev–Trinajstić information content (AvgIpc) is 2.68. The number of aryl methyl sites for hydroxylation is 1. The Morgan fingerprint density at radius 2 is 2.05 bits per heavy atom. The summed E-state index contributed by atoms with van der Waals surface area (Å²) < 4.78 is 0. The molecular weight excluding hydrogens is 244 g/mol. The molecule has 3 amide bonds. The fourth-order valence-corrected chi connectivity index (χ4v) is 2.80. The van der Waals surface area contributed by atoms with Crippen LogP contribution in [0.25, 0.3) is 0 Å². The summed E-state index contributed by atoms with van der Waals surface area (Å²) in [6.45, 7) is 2.34. The van der Waals surface area contributed by atoms with Gasteiger partial charge in [0.25, 0.3) is 5.91 Å². The van der Waals surface area contributed by atoms with Crippen molar-refractivity contribution in [3.63, 3.8) is 0 Å². The lowest BCUT2D eigenvalue weighted by Crippen LogP contribution is -2.52. The fourth-order valence-electron chi connectivity index (χ4n) is 2.80. The number of piperidine rings is 1. The normalized spacial score (nSPS) is 22.5. The highest BCUT2D eigenvalue weighted by atomic mass is 16.2. The maximum Gasteiger partial charge on any atom is 0.255 e. The summed E-state index contributed by atoms with van der Waals surface area (Å²) in [5.74, 6) is -0.737. The number of amides is 3. The number of carbonyl (C=O) groups is 3. The quantitative estimate of drug-likeness (QED) is 0.756. The maximum absolute atomic E-state index is 12.4.